The van der Waals surface area contributed by atoms with E-state index in [4.69, 9.17) is 32.8 Å². The van der Waals surface area contributed by atoms with E-state index in [9.17, 15) is 9.59 Å². The summed E-state index contributed by atoms with van der Waals surface area (Å²) >= 11 is 0. The predicted molar refractivity (Wildman–Crippen MR) is 165 cm³/mol. The predicted octanol–water partition coefficient (Wildman–Crippen LogP) is 7.99. The molecule has 0 fully saturated rings. The molecule has 2 aromatic carbocycles. The van der Waals surface area contributed by atoms with Crippen LogP contribution in [0, 0.1) is 0 Å². The molecule has 0 saturated heterocycles. The minimum atomic E-state index is -0.605. The summed E-state index contributed by atoms with van der Waals surface area (Å²) in [4.78, 5) is 34.4. The lowest BCUT2D eigenvalue weighted by Crippen LogP contribution is -2.27. The fourth-order valence-corrected chi connectivity index (χ4v) is 4.28. The van der Waals surface area contributed by atoms with Crippen LogP contribution in [0.25, 0.3) is 27.5 Å². The molecule has 228 valence electrons. The smallest absolute Gasteiger partial charge is 0.344 e. The van der Waals surface area contributed by atoms with Crippen LogP contribution in [0.4, 0.5) is 0 Å². The van der Waals surface area contributed by atoms with E-state index in [2.05, 4.69) is 6.58 Å². The van der Waals surface area contributed by atoms with Gasteiger partial charge in [-0.05, 0) is 102 Å². The maximum Gasteiger partial charge on any atom is 0.344 e. The van der Waals surface area contributed by atoms with E-state index in [1.807, 2.05) is 45.0 Å². The summed E-state index contributed by atoms with van der Waals surface area (Å²) in [5.41, 5.74) is 1.32. The zero-order chi connectivity index (χ0) is 31.6. The molecule has 2 heterocycles. The second-order valence-corrected chi connectivity index (χ2v) is 12.1. The SMILES string of the molecule is C=C(OOC(C)(C)C)Oc1ccc2cc(C(=C3C=CC(=O)C=C3)c3cc4ccc(OCC(=O)OC(C)(C)C)cc4o3)oc2c1. The molecular formula is C35H34O9. The number of furan rings is 2. The second kappa shape index (κ2) is 11.9. The van der Waals surface area contributed by atoms with Gasteiger partial charge in [0.1, 0.15) is 45.4 Å². The van der Waals surface area contributed by atoms with Gasteiger partial charge in [-0.2, -0.15) is 4.89 Å². The molecule has 9 heteroatoms. The van der Waals surface area contributed by atoms with Gasteiger partial charge in [0, 0.05) is 22.9 Å². The number of hydrogen-bond acceptors (Lipinski definition) is 9. The van der Waals surface area contributed by atoms with Crippen molar-refractivity contribution in [1.29, 1.82) is 0 Å². The van der Waals surface area contributed by atoms with Gasteiger partial charge in [-0.3, -0.25) is 9.68 Å². The number of ketones is 1. The molecule has 0 atom stereocenters. The van der Waals surface area contributed by atoms with Crippen LogP contribution in [0.1, 0.15) is 53.1 Å². The summed E-state index contributed by atoms with van der Waals surface area (Å²) in [6.45, 7) is 14.4. The summed E-state index contributed by atoms with van der Waals surface area (Å²) in [6, 6.07) is 14.4. The Labute approximate surface area is 254 Å². The van der Waals surface area contributed by atoms with Crippen LogP contribution in [0.3, 0.4) is 0 Å². The van der Waals surface area contributed by atoms with Gasteiger partial charge in [0.25, 0.3) is 0 Å². The third-order valence-corrected chi connectivity index (χ3v) is 6.01. The maximum atomic E-state index is 12.1. The first kappa shape index (κ1) is 30.4. The van der Waals surface area contributed by atoms with Crippen LogP contribution in [0.5, 0.6) is 11.5 Å². The Morgan fingerprint density at radius 2 is 1.34 bits per heavy atom. The van der Waals surface area contributed by atoms with Crippen molar-refractivity contribution < 1.29 is 42.4 Å². The lowest BCUT2D eigenvalue weighted by Gasteiger charge is -2.19. The Hall–Kier alpha value is -5.02. The van der Waals surface area contributed by atoms with Crippen molar-refractivity contribution in [3.05, 3.63) is 102 Å². The number of hydrogen-bond donors (Lipinski definition) is 0. The molecule has 9 nitrogen and oxygen atoms in total. The number of ether oxygens (including phenoxy) is 3. The summed E-state index contributed by atoms with van der Waals surface area (Å²) in [6.07, 6.45) is 6.41. The molecule has 44 heavy (non-hydrogen) atoms. The molecule has 0 N–H and O–H groups in total. The van der Waals surface area contributed by atoms with E-state index in [0.717, 1.165) is 16.3 Å². The normalized spacial score (nSPS) is 13.4. The Morgan fingerprint density at radius 3 is 1.91 bits per heavy atom. The highest BCUT2D eigenvalue weighted by Crippen LogP contribution is 2.37. The third kappa shape index (κ3) is 7.67. The fourth-order valence-electron chi connectivity index (χ4n) is 4.28. The van der Waals surface area contributed by atoms with Gasteiger partial charge in [0.15, 0.2) is 12.4 Å². The highest BCUT2D eigenvalue weighted by Gasteiger charge is 2.21. The molecule has 5 rings (SSSR count). The molecule has 0 amide bonds. The minimum Gasteiger partial charge on any atom is -0.482 e. The van der Waals surface area contributed by atoms with E-state index in [1.54, 1.807) is 57.2 Å². The van der Waals surface area contributed by atoms with E-state index < -0.39 is 17.2 Å². The minimum absolute atomic E-state index is 0.0206. The maximum absolute atomic E-state index is 12.1. The molecule has 0 spiro atoms. The second-order valence-electron chi connectivity index (χ2n) is 12.1. The van der Waals surface area contributed by atoms with Crippen molar-refractivity contribution in [3.63, 3.8) is 0 Å². The Balaban J connectivity index is 1.45. The first-order chi connectivity index (χ1) is 20.7. The van der Waals surface area contributed by atoms with Crippen LogP contribution >= 0.6 is 0 Å². The van der Waals surface area contributed by atoms with Crippen molar-refractivity contribution in [1.82, 2.24) is 0 Å². The van der Waals surface area contributed by atoms with Gasteiger partial charge >= 0.3 is 11.9 Å². The number of carbonyl (C=O) groups excluding carboxylic acids is 2. The first-order valence-corrected chi connectivity index (χ1v) is 14.0. The van der Waals surface area contributed by atoms with E-state index in [0.29, 0.717) is 39.8 Å². The topological polar surface area (TPSA) is 107 Å². The van der Waals surface area contributed by atoms with Crippen LogP contribution in [0.2, 0.25) is 0 Å². The third-order valence-electron chi connectivity index (χ3n) is 6.01. The standard InChI is InChI=1S/C35H34O9/c1-21(43-44-35(5,6)7)39-27-15-11-24-17-31(41-29(24)19-27)33(22-8-12-25(36)13-9-22)30-16-23-10-14-26(18-28(23)40-30)38-20-32(37)42-34(2,3)4/h8-19H,1,20H2,2-7H3. The average molecular weight is 599 g/mol. The highest BCUT2D eigenvalue weighted by atomic mass is 17.2. The summed E-state index contributed by atoms with van der Waals surface area (Å²) in [5.74, 6) is 1.32. The van der Waals surface area contributed by atoms with Gasteiger partial charge in [-0.25, -0.2) is 4.79 Å². The lowest BCUT2D eigenvalue weighted by molar-refractivity contribution is -0.337. The van der Waals surface area contributed by atoms with Crippen LogP contribution in [0.15, 0.2) is 99.8 Å². The lowest BCUT2D eigenvalue weighted by atomic mass is 9.98. The monoisotopic (exact) mass is 598 g/mol. The number of rotatable bonds is 9. The van der Waals surface area contributed by atoms with Gasteiger partial charge in [0.05, 0.1) is 5.57 Å². The highest BCUT2D eigenvalue weighted by molar-refractivity contribution is 6.03. The molecule has 0 unspecified atom stereocenters. The molecule has 4 aromatic rings. The molecule has 0 aliphatic heterocycles. The number of fused-ring (bicyclic) bond motifs is 2. The summed E-state index contributed by atoms with van der Waals surface area (Å²) in [7, 11) is 0. The zero-order valence-corrected chi connectivity index (χ0v) is 25.5. The number of allylic oxidation sites excluding steroid dienone is 5. The summed E-state index contributed by atoms with van der Waals surface area (Å²) < 4.78 is 29.2. The Kier molecular flexibility index (Phi) is 8.25. The molecular weight excluding hydrogens is 564 g/mol. The largest absolute Gasteiger partial charge is 0.482 e. The van der Waals surface area contributed by atoms with Crippen LogP contribution in [-0.2, 0) is 24.1 Å². The van der Waals surface area contributed by atoms with Crippen molar-refractivity contribution in [3.8, 4) is 11.5 Å². The van der Waals surface area contributed by atoms with Crippen molar-refractivity contribution >= 4 is 39.3 Å². The van der Waals surface area contributed by atoms with Crippen LogP contribution in [-0.4, -0.2) is 29.6 Å². The van der Waals surface area contributed by atoms with Gasteiger partial charge < -0.3 is 23.0 Å². The first-order valence-electron chi connectivity index (χ1n) is 14.0. The number of carbonyl (C=O) groups is 2. The van der Waals surface area contributed by atoms with Crippen molar-refractivity contribution in [2.45, 2.75) is 52.7 Å². The van der Waals surface area contributed by atoms with E-state index >= 15 is 0 Å². The number of benzene rings is 2. The number of esters is 1. The Bertz CT molecular complexity index is 1810. The van der Waals surface area contributed by atoms with Gasteiger partial charge in [-0.15, -0.1) is 0 Å². The molecule has 0 bridgehead atoms. The van der Waals surface area contributed by atoms with Crippen molar-refractivity contribution in [2.24, 2.45) is 0 Å². The molecule has 1 aliphatic rings. The quantitative estimate of drug-likeness (QED) is 0.0820. The van der Waals surface area contributed by atoms with E-state index in [-0.39, 0.29) is 18.3 Å². The molecule has 1 aliphatic carbocycles. The van der Waals surface area contributed by atoms with E-state index in [1.165, 1.54) is 12.2 Å². The fraction of sp³-hybridized carbons (Fsp3) is 0.257. The van der Waals surface area contributed by atoms with Crippen LogP contribution < -0.4 is 9.47 Å². The van der Waals surface area contributed by atoms with Gasteiger partial charge in [0.2, 0.25) is 0 Å². The summed E-state index contributed by atoms with van der Waals surface area (Å²) in [5, 5.41) is 1.63. The Morgan fingerprint density at radius 1 is 0.773 bits per heavy atom. The van der Waals surface area contributed by atoms with Gasteiger partial charge in [-0.1, -0.05) is 12.2 Å². The molecule has 0 saturated carbocycles. The van der Waals surface area contributed by atoms with Crippen molar-refractivity contribution in [2.75, 3.05) is 6.61 Å². The zero-order valence-electron chi connectivity index (χ0n) is 25.5. The molecule has 0 radical (unpaired) electrons. The molecule has 2 aromatic heterocycles. The average Bonchev–Trinajstić information content (AvgIpc) is 3.54.